The fraction of sp³-hybridized carbons (Fsp3) is 0.500. The van der Waals surface area contributed by atoms with Gasteiger partial charge < -0.3 is 10.3 Å². The number of H-pyrrole nitrogens is 1. The number of rotatable bonds is 3. The van der Waals surface area contributed by atoms with Gasteiger partial charge in [0.15, 0.2) is 0 Å². The maximum atomic E-state index is 13.7. The van der Waals surface area contributed by atoms with Crippen molar-refractivity contribution in [3.05, 3.63) is 35.8 Å². The molecule has 1 aromatic heterocycles. The van der Waals surface area contributed by atoms with E-state index in [1.54, 1.807) is 6.07 Å². The van der Waals surface area contributed by atoms with E-state index in [0.717, 1.165) is 18.4 Å². The summed E-state index contributed by atoms with van der Waals surface area (Å²) in [6.07, 6.45) is 6.90. The van der Waals surface area contributed by atoms with E-state index >= 15 is 0 Å². The molecule has 0 bridgehead atoms. The second-order valence-electron chi connectivity index (χ2n) is 5.52. The maximum Gasteiger partial charge on any atom is 0.147 e. The molecule has 1 heterocycles. The van der Waals surface area contributed by atoms with Crippen molar-refractivity contribution in [2.24, 2.45) is 0 Å². The van der Waals surface area contributed by atoms with Gasteiger partial charge in [-0.15, -0.1) is 0 Å². The van der Waals surface area contributed by atoms with Crippen LogP contribution in [0.25, 0.3) is 10.9 Å². The number of aromatic nitrogens is 1. The van der Waals surface area contributed by atoms with Gasteiger partial charge in [-0.25, -0.2) is 4.39 Å². The topological polar surface area (TPSA) is 27.8 Å². The molecule has 2 aromatic rings. The van der Waals surface area contributed by atoms with Crippen molar-refractivity contribution >= 4 is 10.9 Å². The van der Waals surface area contributed by atoms with Crippen LogP contribution >= 0.6 is 0 Å². The summed E-state index contributed by atoms with van der Waals surface area (Å²) in [5, 5.41) is 4.61. The lowest BCUT2D eigenvalue weighted by atomic mass is 9.81. The SMILES string of the molecule is CCNC1CCCC(c2c[nH]c3c(F)cccc23)C1. The second-order valence-corrected chi connectivity index (χ2v) is 5.52. The molecule has 3 heteroatoms. The molecule has 1 aromatic carbocycles. The molecule has 2 N–H and O–H groups in total. The van der Waals surface area contributed by atoms with Gasteiger partial charge in [-0.1, -0.05) is 25.5 Å². The van der Waals surface area contributed by atoms with Gasteiger partial charge >= 0.3 is 0 Å². The van der Waals surface area contributed by atoms with Crippen molar-refractivity contribution < 1.29 is 4.39 Å². The van der Waals surface area contributed by atoms with Crippen LogP contribution in [0.2, 0.25) is 0 Å². The van der Waals surface area contributed by atoms with Gasteiger partial charge in [-0.2, -0.15) is 0 Å². The normalized spacial score (nSPS) is 23.9. The largest absolute Gasteiger partial charge is 0.359 e. The van der Waals surface area contributed by atoms with Crippen LogP contribution in [0.15, 0.2) is 24.4 Å². The Morgan fingerprint density at radius 1 is 1.37 bits per heavy atom. The molecule has 102 valence electrons. The fourth-order valence-electron chi connectivity index (χ4n) is 3.42. The van der Waals surface area contributed by atoms with E-state index in [2.05, 4.69) is 17.2 Å². The zero-order chi connectivity index (χ0) is 13.2. The Morgan fingerprint density at radius 3 is 3.11 bits per heavy atom. The number of hydrogen-bond acceptors (Lipinski definition) is 1. The molecule has 0 radical (unpaired) electrons. The van der Waals surface area contributed by atoms with Gasteiger partial charge in [0, 0.05) is 17.6 Å². The predicted molar refractivity (Wildman–Crippen MR) is 76.9 cm³/mol. The number of halogens is 1. The van der Waals surface area contributed by atoms with Crippen LogP contribution in [-0.2, 0) is 0 Å². The van der Waals surface area contributed by atoms with Gasteiger partial charge in [0.25, 0.3) is 0 Å². The summed E-state index contributed by atoms with van der Waals surface area (Å²) in [6, 6.07) is 5.97. The second kappa shape index (κ2) is 5.33. The molecule has 3 rings (SSSR count). The minimum Gasteiger partial charge on any atom is -0.359 e. The average molecular weight is 260 g/mol. The van der Waals surface area contributed by atoms with Gasteiger partial charge in [0.2, 0.25) is 0 Å². The van der Waals surface area contributed by atoms with Gasteiger partial charge in [-0.3, -0.25) is 0 Å². The summed E-state index contributed by atoms with van der Waals surface area (Å²) in [5.74, 6) is 0.399. The Kier molecular flexibility index (Phi) is 3.56. The van der Waals surface area contributed by atoms with Crippen molar-refractivity contribution in [2.45, 2.75) is 44.6 Å². The molecule has 2 nitrogen and oxygen atoms in total. The first-order valence-corrected chi connectivity index (χ1v) is 7.28. The summed E-state index contributed by atoms with van der Waals surface area (Å²) in [6.45, 7) is 3.19. The summed E-state index contributed by atoms with van der Waals surface area (Å²) < 4.78 is 13.7. The van der Waals surface area contributed by atoms with Crippen LogP contribution in [0, 0.1) is 5.82 Å². The quantitative estimate of drug-likeness (QED) is 0.859. The summed E-state index contributed by atoms with van der Waals surface area (Å²) in [5.41, 5.74) is 1.94. The Balaban J connectivity index is 1.89. The van der Waals surface area contributed by atoms with E-state index in [0.29, 0.717) is 17.5 Å². The first kappa shape index (κ1) is 12.7. The number of aromatic amines is 1. The van der Waals surface area contributed by atoms with Crippen molar-refractivity contribution in [3.8, 4) is 0 Å². The Bertz CT molecular complexity index is 559. The third-order valence-electron chi connectivity index (χ3n) is 4.30. The van der Waals surface area contributed by atoms with Crippen LogP contribution in [0.1, 0.15) is 44.1 Å². The minimum absolute atomic E-state index is 0.150. The molecule has 0 aliphatic heterocycles. The molecule has 1 aliphatic rings. The highest BCUT2D eigenvalue weighted by molar-refractivity contribution is 5.84. The first-order chi connectivity index (χ1) is 9.29. The van der Waals surface area contributed by atoms with E-state index in [9.17, 15) is 4.39 Å². The fourth-order valence-corrected chi connectivity index (χ4v) is 3.42. The number of fused-ring (bicyclic) bond motifs is 1. The van der Waals surface area contributed by atoms with Crippen molar-refractivity contribution in [1.29, 1.82) is 0 Å². The molecule has 1 fully saturated rings. The summed E-state index contributed by atoms with van der Waals surface area (Å²) in [4.78, 5) is 3.11. The highest BCUT2D eigenvalue weighted by atomic mass is 19.1. The van der Waals surface area contributed by atoms with Crippen molar-refractivity contribution in [2.75, 3.05) is 6.54 Å². The van der Waals surface area contributed by atoms with E-state index in [1.165, 1.54) is 30.9 Å². The van der Waals surface area contributed by atoms with Crippen LogP contribution in [0.4, 0.5) is 4.39 Å². The third-order valence-corrected chi connectivity index (χ3v) is 4.30. The molecule has 1 saturated carbocycles. The average Bonchev–Trinajstić information content (AvgIpc) is 2.85. The monoisotopic (exact) mass is 260 g/mol. The zero-order valence-electron chi connectivity index (χ0n) is 11.4. The Labute approximate surface area is 113 Å². The highest BCUT2D eigenvalue weighted by Gasteiger charge is 2.24. The van der Waals surface area contributed by atoms with Crippen LogP contribution in [-0.4, -0.2) is 17.6 Å². The predicted octanol–water partition coefficient (Wildman–Crippen LogP) is 3.94. The van der Waals surface area contributed by atoms with E-state index < -0.39 is 0 Å². The molecule has 1 aliphatic carbocycles. The lowest BCUT2D eigenvalue weighted by molar-refractivity contribution is 0.345. The number of nitrogens with one attached hydrogen (secondary N) is 2. The smallest absolute Gasteiger partial charge is 0.147 e. The van der Waals surface area contributed by atoms with E-state index in [1.807, 2.05) is 12.3 Å². The lowest BCUT2D eigenvalue weighted by Gasteiger charge is -2.29. The van der Waals surface area contributed by atoms with E-state index in [-0.39, 0.29) is 5.82 Å². The van der Waals surface area contributed by atoms with Gasteiger partial charge in [-0.05, 0) is 43.4 Å². The molecule has 0 saturated heterocycles. The van der Waals surface area contributed by atoms with Gasteiger partial charge in [0.1, 0.15) is 5.82 Å². The van der Waals surface area contributed by atoms with Crippen molar-refractivity contribution in [3.63, 3.8) is 0 Å². The Hall–Kier alpha value is -1.35. The standard InChI is InChI=1S/C16H21FN2/c1-2-18-12-6-3-5-11(9-12)14-10-19-16-13(14)7-4-8-15(16)17/h4,7-8,10-12,18-19H,2-3,5-6,9H2,1H3. The number of benzene rings is 1. The molecule has 2 atom stereocenters. The Morgan fingerprint density at radius 2 is 2.26 bits per heavy atom. The summed E-state index contributed by atoms with van der Waals surface area (Å²) in [7, 11) is 0. The molecule has 0 amide bonds. The van der Waals surface area contributed by atoms with Crippen LogP contribution < -0.4 is 5.32 Å². The number of hydrogen-bond donors (Lipinski definition) is 2. The lowest BCUT2D eigenvalue weighted by Crippen LogP contribution is -2.33. The molecular weight excluding hydrogens is 239 g/mol. The third kappa shape index (κ3) is 2.39. The number of para-hydroxylation sites is 1. The molecular formula is C16H21FN2. The minimum atomic E-state index is -0.150. The molecule has 2 unspecified atom stereocenters. The highest BCUT2D eigenvalue weighted by Crippen LogP contribution is 2.36. The van der Waals surface area contributed by atoms with Crippen molar-refractivity contribution in [1.82, 2.24) is 10.3 Å². The van der Waals surface area contributed by atoms with E-state index in [4.69, 9.17) is 0 Å². The van der Waals surface area contributed by atoms with Crippen LogP contribution in [0.5, 0.6) is 0 Å². The summed E-state index contributed by atoms with van der Waals surface area (Å²) >= 11 is 0. The molecule has 0 spiro atoms. The zero-order valence-corrected chi connectivity index (χ0v) is 11.4. The van der Waals surface area contributed by atoms with Gasteiger partial charge in [0.05, 0.1) is 5.52 Å². The first-order valence-electron chi connectivity index (χ1n) is 7.28. The van der Waals surface area contributed by atoms with Crippen LogP contribution in [0.3, 0.4) is 0 Å². The molecule has 19 heavy (non-hydrogen) atoms. The maximum absolute atomic E-state index is 13.7.